The third-order valence-electron chi connectivity index (χ3n) is 5.49. The fourth-order valence-electron chi connectivity index (χ4n) is 4.40. The minimum atomic E-state index is -0.952. The molecule has 0 amide bonds. The fourth-order valence-corrected chi connectivity index (χ4v) is 4.40. The standard InChI is InChI=1S/C14H22O3/c1-9-3-4-11-10-5-6-12(15)13(10,2)7-8-14(11,16)17-9/h9-11,16H,3-8H2,1-2H3. The molecule has 0 radical (unpaired) electrons. The number of hydrogen-bond donors (Lipinski definition) is 1. The minimum Gasteiger partial charge on any atom is -0.365 e. The molecule has 96 valence electrons. The van der Waals surface area contributed by atoms with E-state index in [0.717, 1.165) is 25.7 Å². The topological polar surface area (TPSA) is 46.5 Å². The highest BCUT2D eigenvalue weighted by Gasteiger charge is 2.60. The van der Waals surface area contributed by atoms with Gasteiger partial charge in [-0.1, -0.05) is 6.92 Å². The first kappa shape index (κ1) is 11.7. The number of carbonyl (C=O) groups is 1. The first-order chi connectivity index (χ1) is 7.96. The number of fused-ring (bicyclic) bond motifs is 3. The summed E-state index contributed by atoms with van der Waals surface area (Å²) in [5.74, 6) is -0.0414. The van der Waals surface area contributed by atoms with Gasteiger partial charge in [0.25, 0.3) is 0 Å². The van der Waals surface area contributed by atoms with Gasteiger partial charge in [-0.2, -0.15) is 0 Å². The van der Waals surface area contributed by atoms with Crippen LogP contribution in [-0.4, -0.2) is 22.8 Å². The van der Waals surface area contributed by atoms with E-state index in [4.69, 9.17) is 4.74 Å². The van der Waals surface area contributed by atoms with Crippen molar-refractivity contribution in [1.82, 2.24) is 0 Å². The molecule has 0 aromatic heterocycles. The molecule has 2 aliphatic carbocycles. The van der Waals surface area contributed by atoms with Crippen LogP contribution in [0, 0.1) is 17.3 Å². The van der Waals surface area contributed by atoms with E-state index in [0.29, 0.717) is 24.5 Å². The second-order valence-electron chi connectivity index (χ2n) is 6.44. The number of carbonyl (C=O) groups excluding carboxylic acids is 1. The summed E-state index contributed by atoms with van der Waals surface area (Å²) in [6, 6.07) is 0. The average Bonchev–Trinajstić information content (AvgIpc) is 2.55. The molecule has 1 aliphatic heterocycles. The van der Waals surface area contributed by atoms with Crippen molar-refractivity contribution in [2.75, 3.05) is 0 Å². The van der Waals surface area contributed by atoms with E-state index < -0.39 is 5.79 Å². The van der Waals surface area contributed by atoms with Crippen molar-refractivity contribution >= 4 is 5.78 Å². The zero-order valence-corrected chi connectivity index (χ0v) is 10.7. The summed E-state index contributed by atoms with van der Waals surface area (Å²) in [5, 5.41) is 10.7. The van der Waals surface area contributed by atoms with Crippen molar-refractivity contribution in [2.24, 2.45) is 17.3 Å². The highest BCUT2D eigenvalue weighted by Crippen LogP contribution is 2.58. The van der Waals surface area contributed by atoms with Gasteiger partial charge in [0.15, 0.2) is 5.79 Å². The van der Waals surface area contributed by atoms with Crippen LogP contribution >= 0.6 is 0 Å². The molecule has 3 heteroatoms. The van der Waals surface area contributed by atoms with Gasteiger partial charge in [0.2, 0.25) is 0 Å². The van der Waals surface area contributed by atoms with Crippen LogP contribution in [0.25, 0.3) is 0 Å². The third kappa shape index (κ3) is 1.52. The van der Waals surface area contributed by atoms with Crippen LogP contribution in [0.1, 0.15) is 52.4 Å². The number of Topliss-reactive ketones (excluding diaryl/α,β-unsaturated/α-hetero) is 1. The van der Waals surface area contributed by atoms with Gasteiger partial charge in [-0.3, -0.25) is 4.79 Å². The van der Waals surface area contributed by atoms with Crippen molar-refractivity contribution in [2.45, 2.75) is 64.3 Å². The number of hydrogen-bond acceptors (Lipinski definition) is 3. The van der Waals surface area contributed by atoms with Gasteiger partial charge >= 0.3 is 0 Å². The van der Waals surface area contributed by atoms with E-state index in [9.17, 15) is 9.90 Å². The quantitative estimate of drug-likeness (QED) is 0.704. The van der Waals surface area contributed by atoms with E-state index >= 15 is 0 Å². The van der Waals surface area contributed by atoms with Crippen molar-refractivity contribution in [3.8, 4) is 0 Å². The zero-order valence-electron chi connectivity index (χ0n) is 10.7. The van der Waals surface area contributed by atoms with Gasteiger partial charge in [0.1, 0.15) is 5.78 Å². The Hall–Kier alpha value is -0.410. The van der Waals surface area contributed by atoms with E-state index in [1.54, 1.807) is 0 Å². The normalized spacial score (nSPS) is 54.3. The second-order valence-corrected chi connectivity index (χ2v) is 6.44. The van der Waals surface area contributed by atoms with Crippen LogP contribution in [0.2, 0.25) is 0 Å². The first-order valence-corrected chi connectivity index (χ1v) is 6.89. The summed E-state index contributed by atoms with van der Waals surface area (Å²) in [7, 11) is 0. The van der Waals surface area contributed by atoms with Gasteiger partial charge in [-0.05, 0) is 38.5 Å². The Bertz CT molecular complexity index is 353. The lowest BCUT2D eigenvalue weighted by Crippen LogP contribution is -2.56. The Balaban J connectivity index is 1.91. The van der Waals surface area contributed by atoms with Crippen molar-refractivity contribution in [3.05, 3.63) is 0 Å². The van der Waals surface area contributed by atoms with E-state index in [2.05, 4.69) is 6.92 Å². The lowest BCUT2D eigenvalue weighted by atomic mass is 9.60. The van der Waals surface area contributed by atoms with Crippen LogP contribution < -0.4 is 0 Å². The van der Waals surface area contributed by atoms with Crippen LogP contribution in [0.4, 0.5) is 0 Å². The fraction of sp³-hybridized carbons (Fsp3) is 0.929. The summed E-state index contributed by atoms with van der Waals surface area (Å²) in [4.78, 5) is 12.1. The molecule has 5 unspecified atom stereocenters. The SMILES string of the molecule is CC1CCC2C3CCC(=O)C3(C)CCC2(O)O1. The zero-order chi connectivity index (χ0) is 12.3. The Kier molecular flexibility index (Phi) is 2.43. The van der Waals surface area contributed by atoms with Crippen LogP contribution in [0.3, 0.4) is 0 Å². The lowest BCUT2D eigenvalue weighted by molar-refractivity contribution is -0.311. The Morgan fingerprint density at radius 2 is 2.00 bits per heavy atom. The summed E-state index contributed by atoms with van der Waals surface area (Å²) in [6.45, 7) is 4.13. The molecule has 1 heterocycles. The first-order valence-electron chi connectivity index (χ1n) is 6.89. The van der Waals surface area contributed by atoms with Crippen molar-refractivity contribution in [1.29, 1.82) is 0 Å². The van der Waals surface area contributed by atoms with Crippen molar-refractivity contribution in [3.63, 3.8) is 0 Å². The lowest BCUT2D eigenvalue weighted by Gasteiger charge is -2.53. The average molecular weight is 238 g/mol. The van der Waals surface area contributed by atoms with Crippen molar-refractivity contribution < 1.29 is 14.6 Å². The predicted molar refractivity (Wildman–Crippen MR) is 63.3 cm³/mol. The smallest absolute Gasteiger partial charge is 0.168 e. The van der Waals surface area contributed by atoms with E-state index in [1.807, 2.05) is 6.92 Å². The predicted octanol–water partition coefficient (Wildman–Crippen LogP) is 2.27. The number of ketones is 1. The van der Waals surface area contributed by atoms with Gasteiger partial charge in [-0.15, -0.1) is 0 Å². The molecule has 3 fully saturated rings. The number of aliphatic hydroxyl groups is 1. The maximum atomic E-state index is 12.1. The molecule has 5 atom stereocenters. The summed E-state index contributed by atoms with van der Waals surface area (Å²) >= 11 is 0. The van der Waals surface area contributed by atoms with Gasteiger partial charge in [0.05, 0.1) is 6.10 Å². The highest BCUT2D eigenvalue weighted by molar-refractivity contribution is 5.87. The maximum absolute atomic E-state index is 12.1. The van der Waals surface area contributed by atoms with Crippen LogP contribution in [0.15, 0.2) is 0 Å². The molecule has 3 nitrogen and oxygen atoms in total. The Morgan fingerprint density at radius 1 is 1.24 bits per heavy atom. The Morgan fingerprint density at radius 3 is 2.76 bits per heavy atom. The van der Waals surface area contributed by atoms with Crippen LogP contribution in [-0.2, 0) is 9.53 Å². The molecule has 0 aromatic carbocycles. The van der Waals surface area contributed by atoms with Gasteiger partial charge in [0, 0.05) is 24.2 Å². The monoisotopic (exact) mass is 238 g/mol. The molecule has 0 bridgehead atoms. The summed E-state index contributed by atoms with van der Waals surface area (Å²) < 4.78 is 5.81. The highest BCUT2D eigenvalue weighted by atomic mass is 16.6. The number of ether oxygens (including phenoxy) is 1. The van der Waals surface area contributed by atoms with Crippen LogP contribution in [0.5, 0.6) is 0 Å². The Labute approximate surface area is 103 Å². The molecule has 0 aromatic rings. The maximum Gasteiger partial charge on any atom is 0.168 e. The number of rotatable bonds is 0. The third-order valence-corrected chi connectivity index (χ3v) is 5.49. The molecule has 0 spiro atoms. The summed E-state index contributed by atoms with van der Waals surface area (Å²) in [5.41, 5.74) is -0.180. The minimum absolute atomic E-state index is 0.151. The molecule has 1 N–H and O–H groups in total. The van der Waals surface area contributed by atoms with Gasteiger partial charge in [-0.25, -0.2) is 0 Å². The van der Waals surface area contributed by atoms with Gasteiger partial charge < -0.3 is 9.84 Å². The largest absolute Gasteiger partial charge is 0.365 e. The van der Waals surface area contributed by atoms with E-state index in [1.165, 1.54) is 0 Å². The van der Waals surface area contributed by atoms with E-state index in [-0.39, 0.29) is 17.4 Å². The molecule has 1 saturated heterocycles. The molecule has 3 rings (SSSR count). The molecule has 3 aliphatic rings. The second kappa shape index (κ2) is 3.55. The molecule has 2 saturated carbocycles. The molecular weight excluding hydrogens is 216 g/mol. The molecule has 17 heavy (non-hydrogen) atoms. The molecular formula is C14H22O3. The summed E-state index contributed by atoms with van der Waals surface area (Å²) in [6.07, 6.45) is 5.22.